The number of thiophene rings is 1. The zero-order valence-corrected chi connectivity index (χ0v) is 18.4. The number of amides is 2. The molecule has 1 unspecified atom stereocenters. The Morgan fingerprint density at radius 1 is 1.19 bits per heavy atom. The third-order valence-electron chi connectivity index (χ3n) is 6.17. The highest BCUT2D eigenvalue weighted by Crippen LogP contribution is 2.24. The van der Waals surface area contributed by atoms with Gasteiger partial charge in [-0.15, -0.1) is 11.3 Å². The molecule has 0 bridgehead atoms. The molecule has 1 fully saturated rings. The van der Waals surface area contributed by atoms with Crippen LogP contribution >= 0.6 is 11.3 Å². The van der Waals surface area contributed by atoms with Crippen LogP contribution in [0.15, 0.2) is 66.7 Å². The maximum absolute atomic E-state index is 13.5. The van der Waals surface area contributed by atoms with Crippen LogP contribution in [0.2, 0.25) is 0 Å². The molecule has 1 aliphatic rings. The molecule has 8 heteroatoms. The Bertz CT molecular complexity index is 1190. The molecule has 4 aromatic rings. The number of benzene rings is 1. The van der Waals surface area contributed by atoms with E-state index in [1.54, 1.807) is 12.3 Å². The summed E-state index contributed by atoms with van der Waals surface area (Å²) in [6.45, 7) is 1.34. The van der Waals surface area contributed by atoms with Crippen molar-refractivity contribution in [2.45, 2.75) is 31.3 Å². The molecule has 7 nitrogen and oxygen atoms in total. The monoisotopic (exact) mass is 447 g/mol. The van der Waals surface area contributed by atoms with Crippen molar-refractivity contribution in [3.63, 3.8) is 0 Å². The van der Waals surface area contributed by atoms with Crippen molar-refractivity contribution in [1.29, 1.82) is 0 Å². The summed E-state index contributed by atoms with van der Waals surface area (Å²) in [4.78, 5) is 36.3. The third kappa shape index (κ3) is 4.18. The summed E-state index contributed by atoms with van der Waals surface area (Å²) in [7, 11) is 0. The molecular weight excluding hydrogens is 422 g/mol. The molecular formula is C24H25N5O2S. The van der Waals surface area contributed by atoms with Crippen molar-refractivity contribution in [2.24, 2.45) is 0 Å². The summed E-state index contributed by atoms with van der Waals surface area (Å²) >= 11 is 1.38. The second-order valence-corrected chi connectivity index (χ2v) is 9.08. The Kier molecular flexibility index (Phi) is 5.77. The first-order chi connectivity index (χ1) is 15.7. The minimum atomic E-state index is -0.617. The van der Waals surface area contributed by atoms with Gasteiger partial charge < -0.3 is 19.8 Å². The van der Waals surface area contributed by atoms with Gasteiger partial charge in [0.25, 0.3) is 5.91 Å². The number of piperidine rings is 1. The molecule has 32 heavy (non-hydrogen) atoms. The summed E-state index contributed by atoms with van der Waals surface area (Å²) in [5, 5.41) is 5.95. The zero-order valence-electron chi connectivity index (χ0n) is 17.6. The number of aromatic amines is 1. The van der Waals surface area contributed by atoms with Crippen LogP contribution in [0.5, 0.6) is 0 Å². The Balaban J connectivity index is 1.34. The van der Waals surface area contributed by atoms with E-state index in [0.717, 1.165) is 29.3 Å². The van der Waals surface area contributed by atoms with Gasteiger partial charge in [-0.1, -0.05) is 24.3 Å². The van der Waals surface area contributed by atoms with Crippen molar-refractivity contribution in [1.82, 2.24) is 24.8 Å². The number of nitrogens with zero attached hydrogens (tertiary/aromatic N) is 3. The minimum absolute atomic E-state index is 0.0238. The molecule has 1 saturated heterocycles. The van der Waals surface area contributed by atoms with Crippen LogP contribution in [-0.2, 0) is 11.2 Å². The van der Waals surface area contributed by atoms with Gasteiger partial charge in [0.1, 0.15) is 6.04 Å². The number of imidazole rings is 1. The highest BCUT2D eigenvalue weighted by Gasteiger charge is 2.30. The number of rotatable bonds is 6. The molecule has 0 radical (unpaired) electrons. The van der Waals surface area contributed by atoms with Gasteiger partial charge in [-0.25, -0.2) is 4.98 Å². The lowest BCUT2D eigenvalue weighted by atomic mass is 10.0. The fourth-order valence-electron chi connectivity index (χ4n) is 4.45. The van der Waals surface area contributed by atoms with E-state index in [1.807, 2.05) is 59.3 Å². The van der Waals surface area contributed by atoms with Gasteiger partial charge in [-0.05, 0) is 35.9 Å². The topological polar surface area (TPSA) is 83.0 Å². The molecule has 4 heterocycles. The van der Waals surface area contributed by atoms with Gasteiger partial charge in [-0.2, -0.15) is 0 Å². The maximum atomic E-state index is 13.5. The first-order valence-corrected chi connectivity index (χ1v) is 11.7. The molecule has 2 amide bonds. The fraction of sp³-hybridized carbons (Fsp3) is 0.292. The van der Waals surface area contributed by atoms with Crippen LogP contribution in [0.4, 0.5) is 0 Å². The summed E-state index contributed by atoms with van der Waals surface area (Å²) in [5.74, 6) is -0.226. The summed E-state index contributed by atoms with van der Waals surface area (Å²) < 4.78 is 2.11. The lowest BCUT2D eigenvalue weighted by molar-refractivity contribution is -0.134. The summed E-state index contributed by atoms with van der Waals surface area (Å²) in [6, 6.07) is 11.4. The van der Waals surface area contributed by atoms with E-state index in [0.29, 0.717) is 30.4 Å². The maximum Gasteiger partial charge on any atom is 0.262 e. The number of carbonyl (C=O) groups excluding carboxylic acids is 2. The van der Waals surface area contributed by atoms with Crippen LogP contribution in [-0.4, -0.2) is 50.4 Å². The first-order valence-electron chi connectivity index (χ1n) is 10.8. The first kappa shape index (κ1) is 20.5. The van der Waals surface area contributed by atoms with E-state index in [-0.39, 0.29) is 11.8 Å². The summed E-state index contributed by atoms with van der Waals surface area (Å²) in [5.41, 5.74) is 2.05. The molecule has 0 spiro atoms. The van der Waals surface area contributed by atoms with Crippen LogP contribution in [0.3, 0.4) is 0 Å². The van der Waals surface area contributed by atoms with E-state index < -0.39 is 6.04 Å². The highest BCUT2D eigenvalue weighted by atomic mass is 32.1. The van der Waals surface area contributed by atoms with Crippen molar-refractivity contribution in [2.75, 3.05) is 13.1 Å². The number of nitrogens with one attached hydrogen (secondary N) is 2. The van der Waals surface area contributed by atoms with Crippen molar-refractivity contribution >= 4 is 34.1 Å². The summed E-state index contributed by atoms with van der Waals surface area (Å²) in [6.07, 6.45) is 9.73. The van der Waals surface area contributed by atoms with Crippen molar-refractivity contribution in [3.8, 4) is 0 Å². The lowest BCUT2D eigenvalue weighted by Gasteiger charge is -2.34. The molecule has 2 N–H and O–H groups in total. The van der Waals surface area contributed by atoms with Crippen LogP contribution in [0.25, 0.3) is 10.9 Å². The highest BCUT2D eigenvalue weighted by molar-refractivity contribution is 7.12. The second kappa shape index (κ2) is 9.00. The Hall–Kier alpha value is -3.39. The predicted molar refractivity (Wildman–Crippen MR) is 125 cm³/mol. The van der Waals surface area contributed by atoms with E-state index in [2.05, 4.69) is 19.9 Å². The van der Waals surface area contributed by atoms with E-state index in [9.17, 15) is 9.59 Å². The van der Waals surface area contributed by atoms with Crippen molar-refractivity contribution in [3.05, 3.63) is 77.1 Å². The van der Waals surface area contributed by atoms with Gasteiger partial charge in [-0.3, -0.25) is 9.59 Å². The SMILES string of the molecule is O=C(NC(Cc1c[nH]c2ccccc12)C(=O)N1CCC(n2ccnc2)CC1)c1cccs1. The van der Waals surface area contributed by atoms with Crippen LogP contribution in [0, 0.1) is 0 Å². The van der Waals surface area contributed by atoms with Gasteiger partial charge in [0, 0.05) is 55.0 Å². The van der Waals surface area contributed by atoms with Gasteiger partial charge in [0.05, 0.1) is 11.2 Å². The molecule has 0 aliphatic carbocycles. The number of carbonyl (C=O) groups is 2. The van der Waals surface area contributed by atoms with Crippen LogP contribution in [0.1, 0.15) is 34.1 Å². The van der Waals surface area contributed by atoms with E-state index in [4.69, 9.17) is 0 Å². The van der Waals surface area contributed by atoms with Gasteiger partial charge in [0.2, 0.25) is 5.91 Å². The minimum Gasteiger partial charge on any atom is -0.361 e. The zero-order chi connectivity index (χ0) is 21.9. The number of hydrogen-bond acceptors (Lipinski definition) is 4. The number of likely N-dealkylation sites (tertiary alicyclic amines) is 1. The normalized spacial score (nSPS) is 15.7. The molecule has 1 atom stereocenters. The molecule has 5 rings (SSSR count). The van der Waals surface area contributed by atoms with E-state index >= 15 is 0 Å². The van der Waals surface area contributed by atoms with E-state index in [1.165, 1.54) is 11.3 Å². The quantitative estimate of drug-likeness (QED) is 0.473. The standard InChI is InChI=1S/C24H25N5O2S/c30-23(22-6-3-13-32-22)27-21(14-17-15-26-20-5-2-1-4-19(17)20)24(31)28-10-7-18(8-11-28)29-12-9-25-16-29/h1-6,9,12-13,15-16,18,21,26H,7-8,10-11,14H2,(H,27,30). The predicted octanol–water partition coefficient (Wildman–Crippen LogP) is 3.63. The number of aromatic nitrogens is 3. The second-order valence-electron chi connectivity index (χ2n) is 8.13. The Morgan fingerprint density at radius 2 is 2.03 bits per heavy atom. The molecule has 1 aliphatic heterocycles. The van der Waals surface area contributed by atoms with Gasteiger partial charge >= 0.3 is 0 Å². The lowest BCUT2D eigenvalue weighted by Crippen LogP contribution is -2.51. The average molecular weight is 448 g/mol. The number of fused-ring (bicyclic) bond motifs is 1. The van der Waals surface area contributed by atoms with Gasteiger partial charge in [0.15, 0.2) is 0 Å². The Morgan fingerprint density at radius 3 is 2.78 bits per heavy atom. The fourth-order valence-corrected chi connectivity index (χ4v) is 5.07. The largest absolute Gasteiger partial charge is 0.361 e. The molecule has 3 aromatic heterocycles. The number of para-hydroxylation sites is 1. The molecule has 0 saturated carbocycles. The molecule has 164 valence electrons. The number of H-pyrrole nitrogens is 1. The Labute approximate surface area is 190 Å². The van der Waals surface area contributed by atoms with Crippen LogP contribution < -0.4 is 5.32 Å². The van der Waals surface area contributed by atoms with Crippen molar-refractivity contribution < 1.29 is 9.59 Å². The molecule has 1 aromatic carbocycles. The smallest absolute Gasteiger partial charge is 0.262 e. The average Bonchev–Trinajstić information content (AvgIpc) is 3.61. The number of hydrogen-bond donors (Lipinski definition) is 2. The third-order valence-corrected chi connectivity index (χ3v) is 7.04.